The van der Waals surface area contributed by atoms with Crippen LogP contribution in [0.15, 0.2) is 118 Å². The molecule has 0 amide bonds. The van der Waals surface area contributed by atoms with Crippen LogP contribution in [0.1, 0.15) is 26.3 Å². The fourth-order valence-corrected chi connectivity index (χ4v) is 4.05. The minimum absolute atomic E-state index is 0.0249. The van der Waals surface area contributed by atoms with Gasteiger partial charge in [-0.1, -0.05) is 54.6 Å². The van der Waals surface area contributed by atoms with Crippen LogP contribution in [-0.4, -0.2) is 58.5 Å². The Balaban J connectivity index is 0.000000330. The van der Waals surface area contributed by atoms with E-state index in [1.807, 2.05) is 78.9 Å². The molecule has 276 valence electrons. The lowest BCUT2D eigenvalue weighted by Gasteiger charge is -2.06. The zero-order chi connectivity index (χ0) is 39.2. The second kappa shape index (κ2) is 23.1. The molecule has 0 fully saturated rings. The van der Waals surface area contributed by atoms with Gasteiger partial charge in [-0.2, -0.15) is 0 Å². The molecule has 6 rings (SSSR count). The first-order chi connectivity index (χ1) is 24.7. The van der Waals surface area contributed by atoms with Gasteiger partial charge in [-0.25, -0.2) is 0 Å². The van der Waals surface area contributed by atoms with E-state index in [-0.39, 0.29) is 41.2 Å². The van der Waals surface area contributed by atoms with Gasteiger partial charge in [0, 0.05) is 75.2 Å². The molecule has 0 unspecified atom stereocenters. The summed E-state index contributed by atoms with van der Waals surface area (Å²) in [7, 11) is 7.50. The summed E-state index contributed by atoms with van der Waals surface area (Å²) in [5.74, 6) is -0.736. The standard InChI is InChI=1S/C11H11NO2.C10H9NO.C9H7NO.3C3H6O2/c1-12-6-8(7-13)9-4-2-3-5-10(9)11(12)14;1-11-7-6-8-4-2-3-5-9(8)10(11)12;11-9-8-4-2-1-3-7(8)5-6-10-9;3*1-3(4)5-2/h2-6,13H,7H2,1H3;2-7H,1H3;1-6H,(H,10,11);3*1-2H3. The number of aromatic nitrogens is 3. The molecule has 0 spiro atoms. The number of benzene rings is 3. The summed E-state index contributed by atoms with van der Waals surface area (Å²) in [5.41, 5.74) is 0.789. The van der Waals surface area contributed by atoms with Gasteiger partial charge >= 0.3 is 17.9 Å². The van der Waals surface area contributed by atoms with E-state index in [4.69, 9.17) is 5.11 Å². The number of ether oxygens (including phenoxy) is 3. The van der Waals surface area contributed by atoms with Gasteiger partial charge < -0.3 is 33.4 Å². The Morgan fingerprint density at radius 2 is 1.00 bits per heavy atom. The van der Waals surface area contributed by atoms with Gasteiger partial charge in [0.25, 0.3) is 16.7 Å². The smallest absolute Gasteiger partial charge is 0.302 e. The largest absolute Gasteiger partial charge is 0.469 e. The third-order valence-corrected chi connectivity index (χ3v) is 6.88. The molecular formula is C39H45N3O10. The van der Waals surface area contributed by atoms with Gasteiger partial charge in [0.05, 0.1) is 27.9 Å². The van der Waals surface area contributed by atoms with Crippen LogP contribution in [0.25, 0.3) is 32.3 Å². The molecule has 3 aromatic heterocycles. The van der Waals surface area contributed by atoms with E-state index in [0.717, 1.165) is 32.5 Å². The molecule has 0 saturated carbocycles. The zero-order valence-corrected chi connectivity index (χ0v) is 30.5. The number of fused-ring (bicyclic) bond motifs is 3. The molecule has 3 heterocycles. The number of pyridine rings is 3. The maximum Gasteiger partial charge on any atom is 0.302 e. The van der Waals surface area contributed by atoms with E-state index >= 15 is 0 Å². The zero-order valence-electron chi connectivity index (χ0n) is 30.5. The van der Waals surface area contributed by atoms with Crippen LogP contribution in [0, 0.1) is 0 Å². The summed E-state index contributed by atoms with van der Waals surface area (Å²) in [4.78, 5) is 65.7. The van der Waals surface area contributed by atoms with Gasteiger partial charge in [-0.3, -0.25) is 28.8 Å². The fourth-order valence-electron chi connectivity index (χ4n) is 4.05. The molecule has 0 aliphatic heterocycles. The van der Waals surface area contributed by atoms with Crippen molar-refractivity contribution in [3.8, 4) is 0 Å². The molecule has 0 saturated heterocycles. The van der Waals surface area contributed by atoms with E-state index in [2.05, 4.69) is 19.2 Å². The van der Waals surface area contributed by atoms with Crippen molar-refractivity contribution in [3.05, 3.63) is 140 Å². The monoisotopic (exact) mass is 715 g/mol. The summed E-state index contributed by atoms with van der Waals surface area (Å²) in [5, 5.41) is 14.1. The summed E-state index contributed by atoms with van der Waals surface area (Å²) >= 11 is 0. The lowest BCUT2D eigenvalue weighted by molar-refractivity contribution is -0.138. The number of aryl methyl sites for hydroxylation is 2. The van der Waals surface area contributed by atoms with Crippen LogP contribution in [0.4, 0.5) is 0 Å². The minimum atomic E-state index is -0.245. The van der Waals surface area contributed by atoms with Crippen molar-refractivity contribution in [2.45, 2.75) is 27.4 Å². The number of carbonyl (C=O) groups excluding carboxylic acids is 3. The summed E-state index contributed by atoms with van der Waals surface area (Å²) in [6, 6.07) is 26.2. The average Bonchev–Trinajstić information content (AvgIpc) is 3.16. The summed E-state index contributed by atoms with van der Waals surface area (Å²) in [6.45, 7) is 4.04. The number of nitrogens with zero attached hydrogens (tertiary/aromatic N) is 2. The highest BCUT2D eigenvalue weighted by Crippen LogP contribution is 2.14. The second-order valence-corrected chi connectivity index (χ2v) is 10.6. The SMILES string of the molecule is COC(C)=O.COC(C)=O.COC(C)=O.Cn1cc(CO)c2ccccc2c1=O.Cn1ccc2ccccc2c1=O.O=c1[nH]ccc2ccccc12. The first-order valence-corrected chi connectivity index (χ1v) is 15.6. The first-order valence-electron chi connectivity index (χ1n) is 15.6. The lowest BCUT2D eigenvalue weighted by atomic mass is 10.1. The molecule has 6 aromatic rings. The molecule has 52 heavy (non-hydrogen) atoms. The highest BCUT2D eigenvalue weighted by Gasteiger charge is 2.04. The van der Waals surface area contributed by atoms with E-state index in [1.54, 1.807) is 43.3 Å². The number of hydrogen-bond donors (Lipinski definition) is 2. The van der Waals surface area contributed by atoms with Crippen molar-refractivity contribution >= 4 is 50.2 Å². The van der Waals surface area contributed by atoms with Crippen molar-refractivity contribution in [2.24, 2.45) is 14.1 Å². The molecule has 0 bridgehead atoms. The Hall–Kier alpha value is -6.34. The number of H-pyrrole nitrogens is 1. The maximum atomic E-state index is 11.7. The molecular weight excluding hydrogens is 670 g/mol. The Bertz CT molecular complexity index is 2200. The molecule has 13 heteroatoms. The Kier molecular flexibility index (Phi) is 19.4. The van der Waals surface area contributed by atoms with Gasteiger partial charge in [0.2, 0.25) is 0 Å². The average molecular weight is 716 g/mol. The predicted molar refractivity (Wildman–Crippen MR) is 202 cm³/mol. The summed E-state index contributed by atoms with van der Waals surface area (Å²) < 4.78 is 15.4. The van der Waals surface area contributed by atoms with Crippen LogP contribution in [0.5, 0.6) is 0 Å². The van der Waals surface area contributed by atoms with Gasteiger partial charge in [0.1, 0.15) is 0 Å². The number of aliphatic hydroxyl groups excluding tert-OH is 1. The third-order valence-electron chi connectivity index (χ3n) is 6.88. The number of hydrogen-bond acceptors (Lipinski definition) is 10. The van der Waals surface area contributed by atoms with Crippen LogP contribution in [0.2, 0.25) is 0 Å². The van der Waals surface area contributed by atoms with Gasteiger partial charge in [-0.05, 0) is 46.5 Å². The molecule has 0 atom stereocenters. The van der Waals surface area contributed by atoms with Gasteiger partial charge in [0.15, 0.2) is 0 Å². The van der Waals surface area contributed by atoms with Crippen LogP contribution >= 0.6 is 0 Å². The molecule has 13 nitrogen and oxygen atoms in total. The normalized spacial score (nSPS) is 9.40. The Morgan fingerprint density at radius 3 is 1.46 bits per heavy atom. The Morgan fingerprint density at radius 1 is 0.596 bits per heavy atom. The topological polar surface area (TPSA) is 176 Å². The van der Waals surface area contributed by atoms with E-state index in [9.17, 15) is 28.8 Å². The number of aromatic amines is 1. The number of nitrogens with one attached hydrogen (secondary N) is 1. The van der Waals surface area contributed by atoms with Crippen LogP contribution in [-0.2, 0) is 49.3 Å². The van der Waals surface area contributed by atoms with E-state index in [1.165, 1.54) is 46.7 Å². The van der Waals surface area contributed by atoms with Crippen LogP contribution in [0.3, 0.4) is 0 Å². The van der Waals surface area contributed by atoms with Crippen molar-refractivity contribution in [1.82, 2.24) is 14.1 Å². The number of esters is 3. The number of aliphatic hydroxyl groups is 1. The van der Waals surface area contributed by atoms with Crippen molar-refractivity contribution < 1.29 is 33.7 Å². The lowest BCUT2D eigenvalue weighted by Crippen LogP contribution is -2.17. The maximum absolute atomic E-state index is 11.7. The minimum Gasteiger partial charge on any atom is -0.469 e. The molecule has 0 aliphatic rings. The number of rotatable bonds is 1. The highest BCUT2D eigenvalue weighted by molar-refractivity contribution is 5.84. The third kappa shape index (κ3) is 14.6. The van der Waals surface area contributed by atoms with Crippen LogP contribution < -0.4 is 16.7 Å². The van der Waals surface area contributed by atoms with E-state index < -0.39 is 0 Å². The number of methoxy groups -OCH3 is 3. The predicted octanol–water partition coefficient (Wildman–Crippen LogP) is 4.64. The quantitative estimate of drug-likeness (QED) is 0.180. The molecule has 0 radical (unpaired) electrons. The van der Waals surface area contributed by atoms with Crippen molar-refractivity contribution in [1.29, 1.82) is 0 Å². The first kappa shape index (κ1) is 43.7. The number of carbonyl (C=O) groups is 3. The Labute approximate surface area is 300 Å². The van der Waals surface area contributed by atoms with Gasteiger partial charge in [-0.15, -0.1) is 0 Å². The van der Waals surface area contributed by atoms with E-state index in [0.29, 0.717) is 5.39 Å². The molecule has 0 aliphatic carbocycles. The van der Waals surface area contributed by atoms with Crippen molar-refractivity contribution in [2.75, 3.05) is 21.3 Å². The summed E-state index contributed by atoms with van der Waals surface area (Å²) in [6.07, 6.45) is 5.11. The fraction of sp³-hybridized carbons (Fsp3) is 0.231. The van der Waals surface area contributed by atoms with Crippen molar-refractivity contribution in [3.63, 3.8) is 0 Å². The molecule has 2 N–H and O–H groups in total. The molecule has 3 aromatic carbocycles. The highest BCUT2D eigenvalue weighted by atomic mass is 16.5. The second-order valence-electron chi connectivity index (χ2n) is 10.6.